The van der Waals surface area contributed by atoms with E-state index in [0.29, 0.717) is 12.1 Å². The first-order chi connectivity index (χ1) is 11.0. The van der Waals surface area contributed by atoms with E-state index < -0.39 is 0 Å². The molecule has 2 aromatic heterocycles. The number of anilines is 1. The zero-order valence-electron chi connectivity index (χ0n) is 14.4. The fraction of sp³-hybridized carbons (Fsp3) is 0.667. The molecule has 4 nitrogen and oxygen atoms in total. The van der Waals surface area contributed by atoms with Crippen molar-refractivity contribution in [3.05, 3.63) is 16.8 Å². The second kappa shape index (κ2) is 5.42. The van der Waals surface area contributed by atoms with Crippen molar-refractivity contribution in [1.82, 2.24) is 9.97 Å². The smallest absolute Gasteiger partial charge is 0.141 e. The van der Waals surface area contributed by atoms with Gasteiger partial charge in [0.1, 0.15) is 17.0 Å². The van der Waals surface area contributed by atoms with E-state index in [-0.39, 0.29) is 5.41 Å². The zero-order chi connectivity index (χ0) is 16.2. The summed E-state index contributed by atoms with van der Waals surface area (Å²) in [6.07, 6.45) is 6.82. The van der Waals surface area contributed by atoms with Crippen LogP contribution in [0.5, 0.6) is 0 Å². The lowest BCUT2D eigenvalue weighted by Crippen LogP contribution is -2.61. The van der Waals surface area contributed by atoms with E-state index in [2.05, 4.69) is 42.7 Å². The number of aromatic nitrogens is 2. The standard InChI is InChI=1S/C18H25N3OS/c1-5-22-14-9-13(18(14,2)3)21(4)16-15-11-7-6-8-12(11)23-17(15)20-10-19-16/h10,13-14H,5-9H2,1-4H3/t13-,14+/m0/s1. The Morgan fingerprint density at radius 2 is 2.17 bits per heavy atom. The zero-order valence-corrected chi connectivity index (χ0v) is 15.2. The molecule has 4 rings (SSSR count). The van der Waals surface area contributed by atoms with Crippen LogP contribution in [-0.4, -0.2) is 35.8 Å². The molecule has 0 aliphatic heterocycles. The van der Waals surface area contributed by atoms with Gasteiger partial charge in [0.25, 0.3) is 0 Å². The van der Waals surface area contributed by atoms with E-state index in [0.717, 1.165) is 23.7 Å². The number of hydrogen-bond acceptors (Lipinski definition) is 5. The topological polar surface area (TPSA) is 38.2 Å². The molecule has 0 amide bonds. The molecule has 1 saturated carbocycles. The Balaban J connectivity index is 1.70. The van der Waals surface area contributed by atoms with E-state index in [1.807, 2.05) is 11.3 Å². The lowest BCUT2D eigenvalue weighted by atomic mass is 9.64. The van der Waals surface area contributed by atoms with Crippen molar-refractivity contribution in [2.45, 2.75) is 58.6 Å². The third kappa shape index (κ3) is 2.20. The van der Waals surface area contributed by atoms with E-state index in [1.165, 1.54) is 35.1 Å². The summed E-state index contributed by atoms with van der Waals surface area (Å²) in [6.45, 7) is 7.50. The van der Waals surface area contributed by atoms with Gasteiger partial charge in [-0.1, -0.05) is 13.8 Å². The lowest BCUT2D eigenvalue weighted by Gasteiger charge is -2.55. The maximum atomic E-state index is 5.90. The minimum absolute atomic E-state index is 0.154. The Bertz CT molecular complexity index is 739. The van der Waals surface area contributed by atoms with Crippen LogP contribution in [0.3, 0.4) is 0 Å². The second-order valence-corrected chi connectivity index (χ2v) is 8.45. The number of rotatable bonds is 4. The summed E-state index contributed by atoms with van der Waals surface area (Å²) < 4.78 is 5.90. The van der Waals surface area contributed by atoms with E-state index in [1.54, 1.807) is 6.33 Å². The van der Waals surface area contributed by atoms with Gasteiger partial charge in [0.15, 0.2) is 0 Å². The molecule has 2 aliphatic carbocycles. The quantitative estimate of drug-likeness (QED) is 0.854. The van der Waals surface area contributed by atoms with E-state index >= 15 is 0 Å². The highest BCUT2D eigenvalue weighted by molar-refractivity contribution is 7.19. The fourth-order valence-corrected chi connectivity index (χ4v) is 5.56. The van der Waals surface area contributed by atoms with Gasteiger partial charge in [0.05, 0.1) is 11.5 Å². The van der Waals surface area contributed by atoms with Crippen molar-refractivity contribution in [3.63, 3.8) is 0 Å². The molecular formula is C18H25N3OS. The van der Waals surface area contributed by atoms with Crippen LogP contribution >= 0.6 is 11.3 Å². The van der Waals surface area contributed by atoms with Crippen LogP contribution in [0.4, 0.5) is 5.82 Å². The van der Waals surface area contributed by atoms with Gasteiger partial charge in [-0.25, -0.2) is 9.97 Å². The summed E-state index contributed by atoms with van der Waals surface area (Å²) in [5.74, 6) is 1.11. The normalized spacial score (nSPS) is 25.4. The molecule has 1 fully saturated rings. The van der Waals surface area contributed by atoms with Crippen molar-refractivity contribution < 1.29 is 4.74 Å². The molecule has 2 atom stereocenters. The summed E-state index contributed by atoms with van der Waals surface area (Å²) in [5.41, 5.74) is 1.66. The monoisotopic (exact) mass is 331 g/mol. The van der Waals surface area contributed by atoms with Crippen molar-refractivity contribution >= 4 is 27.4 Å². The van der Waals surface area contributed by atoms with Crippen LogP contribution in [0, 0.1) is 5.41 Å². The molecular weight excluding hydrogens is 306 g/mol. The maximum absolute atomic E-state index is 5.90. The molecule has 0 spiro atoms. The molecule has 0 aromatic carbocycles. The predicted octanol–water partition coefficient (Wildman–Crippen LogP) is 3.82. The van der Waals surface area contributed by atoms with Gasteiger partial charge in [0, 0.05) is 30.0 Å². The number of ether oxygens (including phenoxy) is 1. The largest absolute Gasteiger partial charge is 0.378 e. The number of thiophene rings is 1. The Kier molecular flexibility index (Phi) is 3.61. The summed E-state index contributed by atoms with van der Waals surface area (Å²) in [5, 5.41) is 1.31. The first-order valence-corrected chi connectivity index (χ1v) is 9.45. The van der Waals surface area contributed by atoms with Crippen molar-refractivity contribution in [1.29, 1.82) is 0 Å². The molecule has 124 valence electrons. The van der Waals surface area contributed by atoms with Crippen LogP contribution in [-0.2, 0) is 17.6 Å². The molecule has 0 bridgehead atoms. The van der Waals surface area contributed by atoms with Crippen LogP contribution < -0.4 is 4.90 Å². The van der Waals surface area contributed by atoms with Crippen molar-refractivity contribution in [3.8, 4) is 0 Å². The third-order valence-electron chi connectivity index (χ3n) is 5.78. The minimum atomic E-state index is 0.154. The van der Waals surface area contributed by atoms with Gasteiger partial charge in [-0.05, 0) is 38.2 Å². The molecule has 2 heterocycles. The third-order valence-corrected chi connectivity index (χ3v) is 6.98. The van der Waals surface area contributed by atoms with Crippen molar-refractivity contribution in [2.75, 3.05) is 18.6 Å². The molecule has 2 aromatic rings. The number of nitrogens with zero attached hydrogens (tertiary/aromatic N) is 3. The molecule has 5 heteroatoms. The van der Waals surface area contributed by atoms with Crippen LogP contribution in [0.2, 0.25) is 0 Å². The van der Waals surface area contributed by atoms with Gasteiger partial charge in [-0.2, -0.15) is 0 Å². The maximum Gasteiger partial charge on any atom is 0.141 e. The number of aryl methyl sites for hydroxylation is 2. The first-order valence-electron chi connectivity index (χ1n) is 8.63. The highest BCUT2D eigenvalue weighted by atomic mass is 32.1. The van der Waals surface area contributed by atoms with E-state index in [9.17, 15) is 0 Å². The van der Waals surface area contributed by atoms with Gasteiger partial charge < -0.3 is 9.64 Å². The Morgan fingerprint density at radius 3 is 2.91 bits per heavy atom. The van der Waals surface area contributed by atoms with Crippen LogP contribution in [0.25, 0.3) is 10.2 Å². The number of fused-ring (bicyclic) bond motifs is 3. The van der Waals surface area contributed by atoms with Gasteiger partial charge in [-0.3, -0.25) is 0 Å². The predicted molar refractivity (Wildman–Crippen MR) is 95.4 cm³/mol. The molecule has 0 N–H and O–H groups in total. The average molecular weight is 331 g/mol. The van der Waals surface area contributed by atoms with Crippen LogP contribution in [0.15, 0.2) is 6.33 Å². The van der Waals surface area contributed by atoms with Crippen LogP contribution in [0.1, 0.15) is 44.1 Å². The van der Waals surface area contributed by atoms with Gasteiger partial charge in [0.2, 0.25) is 0 Å². The minimum Gasteiger partial charge on any atom is -0.378 e. The summed E-state index contributed by atoms with van der Waals surface area (Å²) in [6, 6.07) is 0.467. The second-order valence-electron chi connectivity index (χ2n) is 7.36. The number of hydrogen-bond donors (Lipinski definition) is 0. The van der Waals surface area contributed by atoms with Gasteiger partial charge >= 0.3 is 0 Å². The summed E-state index contributed by atoms with van der Waals surface area (Å²) >= 11 is 1.86. The first kappa shape index (κ1) is 15.3. The van der Waals surface area contributed by atoms with Gasteiger partial charge in [-0.15, -0.1) is 11.3 Å². The molecule has 2 aliphatic rings. The van der Waals surface area contributed by atoms with Crippen molar-refractivity contribution in [2.24, 2.45) is 5.41 Å². The highest BCUT2D eigenvalue weighted by Crippen LogP contribution is 2.48. The molecule has 0 radical (unpaired) electrons. The average Bonchev–Trinajstić information content (AvgIpc) is 3.10. The molecule has 0 unspecified atom stereocenters. The summed E-state index contributed by atoms with van der Waals surface area (Å²) in [4.78, 5) is 14.3. The lowest BCUT2D eigenvalue weighted by molar-refractivity contribution is -0.104. The Hall–Kier alpha value is -1.20. The Morgan fingerprint density at radius 1 is 1.35 bits per heavy atom. The van der Waals surface area contributed by atoms with E-state index in [4.69, 9.17) is 4.74 Å². The highest BCUT2D eigenvalue weighted by Gasteiger charge is 2.51. The molecule has 23 heavy (non-hydrogen) atoms. The fourth-order valence-electron chi connectivity index (χ4n) is 4.33. The Labute approximate surface area is 141 Å². The summed E-state index contributed by atoms with van der Waals surface area (Å²) in [7, 11) is 2.19. The SMILES string of the molecule is CCO[C@@H]1C[C@H](N(C)c2ncnc3sc4c(c23)CCC4)C1(C)C. The molecule has 0 saturated heterocycles.